The third-order valence-electron chi connectivity index (χ3n) is 3.81. The summed E-state index contributed by atoms with van der Waals surface area (Å²) in [5, 5.41) is 2.72. The first-order chi connectivity index (χ1) is 11.7. The number of alkyl halides is 2. The molecule has 1 aliphatic rings. The summed E-state index contributed by atoms with van der Waals surface area (Å²) < 4.78 is 24.9. The van der Waals surface area contributed by atoms with E-state index in [0.717, 1.165) is 0 Å². The third kappa shape index (κ3) is 5.59. The van der Waals surface area contributed by atoms with Crippen LogP contribution in [0, 0.1) is 5.41 Å². The monoisotopic (exact) mass is 371 g/mol. The Morgan fingerprint density at radius 1 is 1.12 bits per heavy atom. The molecule has 1 N–H and O–H groups in total. The maximum absolute atomic E-state index is 12.4. The van der Waals surface area contributed by atoms with E-state index in [-0.39, 0.29) is 11.9 Å². The van der Waals surface area contributed by atoms with Crippen molar-refractivity contribution >= 4 is 29.4 Å². The normalized spacial score (nSPS) is 15.4. The van der Waals surface area contributed by atoms with E-state index in [4.69, 9.17) is 0 Å². The molecule has 0 aliphatic carbocycles. The lowest BCUT2D eigenvalue weighted by atomic mass is 9.94. The van der Waals surface area contributed by atoms with E-state index in [9.17, 15) is 18.4 Å². The molecule has 25 heavy (non-hydrogen) atoms. The van der Waals surface area contributed by atoms with Gasteiger partial charge in [0.1, 0.15) is 0 Å². The number of nitrogens with zero attached hydrogens (tertiary/aromatic N) is 2. The number of nitrogens with one attached hydrogen (secondary N) is 1. The molecule has 0 atom stereocenters. The van der Waals surface area contributed by atoms with Crippen molar-refractivity contribution < 1.29 is 18.4 Å². The molecule has 0 saturated carbocycles. The van der Waals surface area contributed by atoms with Gasteiger partial charge in [-0.1, -0.05) is 38.6 Å². The summed E-state index contributed by atoms with van der Waals surface area (Å²) in [5.41, 5.74) is 0.0385. The number of anilines is 1. The summed E-state index contributed by atoms with van der Waals surface area (Å²) in [6.07, 6.45) is 0. The predicted molar refractivity (Wildman–Crippen MR) is 94.9 cm³/mol. The van der Waals surface area contributed by atoms with Gasteiger partial charge in [0.15, 0.2) is 0 Å². The van der Waals surface area contributed by atoms with Gasteiger partial charge in [0.2, 0.25) is 5.91 Å². The lowest BCUT2D eigenvalue weighted by molar-refractivity contribution is -0.140. The number of hydrogen-bond acceptors (Lipinski definition) is 3. The highest BCUT2D eigenvalue weighted by atomic mass is 32.2. The summed E-state index contributed by atoms with van der Waals surface area (Å²) in [6.45, 7) is 7.49. The number of benzene rings is 1. The van der Waals surface area contributed by atoms with Crippen LogP contribution in [-0.2, 0) is 4.79 Å². The molecule has 1 aromatic rings. The molecular weight excluding hydrogens is 348 g/mol. The van der Waals surface area contributed by atoms with Gasteiger partial charge >= 0.3 is 6.03 Å². The first kappa shape index (κ1) is 19.5. The zero-order chi connectivity index (χ0) is 18.6. The second kappa shape index (κ2) is 8.03. The van der Waals surface area contributed by atoms with Crippen molar-refractivity contribution in [3.63, 3.8) is 0 Å². The Morgan fingerprint density at radius 2 is 1.72 bits per heavy atom. The molecule has 1 aromatic carbocycles. The standard InChI is InChI=1S/C17H23F2N3O2S/c1-17(2,3)14(23)21-7-9-22(10-8-21)16(24)20-12-5-4-6-13(11-12)25-15(18)19/h4-6,11,15H,7-10H2,1-3H3,(H,20,24). The molecule has 1 heterocycles. The molecule has 0 unspecified atom stereocenters. The van der Waals surface area contributed by atoms with Crippen molar-refractivity contribution in [2.24, 2.45) is 5.41 Å². The van der Waals surface area contributed by atoms with Gasteiger partial charge in [-0.25, -0.2) is 4.79 Å². The van der Waals surface area contributed by atoms with Gasteiger partial charge in [-0.2, -0.15) is 8.78 Å². The quantitative estimate of drug-likeness (QED) is 0.824. The molecular formula is C17H23F2N3O2S. The molecule has 138 valence electrons. The lowest BCUT2D eigenvalue weighted by Gasteiger charge is -2.37. The zero-order valence-corrected chi connectivity index (χ0v) is 15.4. The van der Waals surface area contributed by atoms with Crippen molar-refractivity contribution in [2.75, 3.05) is 31.5 Å². The molecule has 0 aromatic heterocycles. The lowest BCUT2D eigenvalue weighted by Crippen LogP contribution is -2.53. The minimum atomic E-state index is -2.50. The molecule has 1 saturated heterocycles. The average molecular weight is 371 g/mol. The molecule has 3 amide bonds. The number of carbonyl (C=O) groups excluding carboxylic acids is 2. The Labute approximate surface area is 150 Å². The van der Waals surface area contributed by atoms with Gasteiger partial charge in [-0.05, 0) is 18.2 Å². The summed E-state index contributed by atoms with van der Waals surface area (Å²) in [6, 6.07) is 6.09. The number of rotatable bonds is 3. The number of halogens is 2. The summed E-state index contributed by atoms with van der Waals surface area (Å²) >= 11 is 0.439. The highest BCUT2D eigenvalue weighted by molar-refractivity contribution is 7.99. The van der Waals surface area contributed by atoms with E-state index >= 15 is 0 Å². The average Bonchev–Trinajstić information content (AvgIpc) is 2.53. The molecule has 0 bridgehead atoms. The van der Waals surface area contributed by atoms with E-state index in [1.807, 2.05) is 20.8 Å². The van der Waals surface area contributed by atoms with Crippen molar-refractivity contribution in [1.82, 2.24) is 9.80 Å². The van der Waals surface area contributed by atoms with Gasteiger partial charge in [0.05, 0.1) is 0 Å². The summed E-state index contributed by atoms with van der Waals surface area (Å²) in [7, 11) is 0. The summed E-state index contributed by atoms with van der Waals surface area (Å²) in [5.74, 6) is -2.43. The van der Waals surface area contributed by atoms with Crippen LogP contribution >= 0.6 is 11.8 Å². The van der Waals surface area contributed by atoms with Crippen molar-refractivity contribution in [3.05, 3.63) is 24.3 Å². The predicted octanol–water partition coefficient (Wildman–Crippen LogP) is 3.72. The highest BCUT2D eigenvalue weighted by Crippen LogP contribution is 2.27. The van der Waals surface area contributed by atoms with Gasteiger partial charge in [-0.15, -0.1) is 0 Å². The largest absolute Gasteiger partial charge is 0.339 e. The molecule has 1 fully saturated rings. The number of carbonyl (C=O) groups is 2. The van der Waals surface area contributed by atoms with E-state index < -0.39 is 11.2 Å². The smallest absolute Gasteiger partial charge is 0.321 e. The second-order valence-electron chi connectivity index (χ2n) is 6.87. The van der Waals surface area contributed by atoms with E-state index in [1.165, 1.54) is 6.07 Å². The van der Waals surface area contributed by atoms with Crippen LogP contribution < -0.4 is 5.32 Å². The van der Waals surface area contributed by atoms with E-state index in [0.29, 0.717) is 48.5 Å². The minimum Gasteiger partial charge on any atom is -0.339 e. The fourth-order valence-corrected chi connectivity index (χ4v) is 3.10. The Balaban J connectivity index is 1.90. The Kier molecular flexibility index (Phi) is 6.26. The molecule has 5 nitrogen and oxygen atoms in total. The number of urea groups is 1. The van der Waals surface area contributed by atoms with Crippen molar-refractivity contribution in [2.45, 2.75) is 31.4 Å². The van der Waals surface area contributed by atoms with Crippen molar-refractivity contribution in [3.8, 4) is 0 Å². The van der Waals surface area contributed by atoms with Gasteiger partial charge in [0.25, 0.3) is 5.76 Å². The minimum absolute atomic E-state index is 0.0734. The molecule has 1 aliphatic heterocycles. The maximum atomic E-state index is 12.4. The number of thioether (sulfide) groups is 1. The number of amides is 3. The molecule has 2 rings (SSSR count). The Bertz CT molecular complexity index is 627. The Hall–Kier alpha value is -1.83. The summed E-state index contributed by atoms with van der Waals surface area (Å²) in [4.78, 5) is 28.4. The highest BCUT2D eigenvalue weighted by Gasteiger charge is 2.30. The third-order valence-corrected chi connectivity index (χ3v) is 4.51. The van der Waals surface area contributed by atoms with Crippen LogP contribution in [0.5, 0.6) is 0 Å². The zero-order valence-electron chi connectivity index (χ0n) is 14.6. The first-order valence-electron chi connectivity index (χ1n) is 8.07. The van der Waals surface area contributed by atoms with Crippen LogP contribution in [0.2, 0.25) is 0 Å². The number of hydrogen-bond donors (Lipinski definition) is 1. The van der Waals surface area contributed by atoms with Crippen LogP contribution in [0.1, 0.15) is 20.8 Å². The van der Waals surface area contributed by atoms with Gasteiger partial charge in [-0.3, -0.25) is 4.79 Å². The maximum Gasteiger partial charge on any atom is 0.321 e. The second-order valence-corrected chi connectivity index (χ2v) is 7.93. The molecule has 0 radical (unpaired) electrons. The van der Waals surface area contributed by atoms with Crippen LogP contribution in [0.4, 0.5) is 19.3 Å². The first-order valence-corrected chi connectivity index (χ1v) is 8.95. The van der Waals surface area contributed by atoms with Gasteiger partial charge in [0, 0.05) is 42.2 Å². The SMILES string of the molecule is CC(C)(C)C(=O)N1CCN(C(=O)Nc2cccc(SC(F)F)c2)CC1. The topological polar surface area (TPSA) is 52.7 Å². The number of piperazine rings is 1. The Morgan fingerprint density at radius 3 is 2.28 bits per heavy atom. The van der Waals surface area contributed by atoms with Crippen LogP contribution in [0.3, 0.4) is 0 Å². The van der Waals surface area contributed by atoms with E-state index in [1.54, 1.807) is 28.0 Å². The molecule has 0 spiro atoms. The van der Waals surface area contributed by atoms with Crippen molar-refractivity contribution in [1.29, 1.82) is 0 Å². The van der Waals surface area contributed by atoms with Gasteiger partial charge < -0.3 is 15.1 Å². The van der Waals surface area contributed by atoms with Crippen LogP contribution in [0.25, 0.3) is 0 Å². The fraction of sp³-hybridized carbons (Fsp3) is 0.529. The molecule has 8 heteroatoms. The van der Waals surface area contributed by atoms with Crippen LogP contribution in [-0.4, -0.2) is 53.7 Å². The van der Waals surface area contributed by atoms with E-state index in [2.05, 4.69) is 5.32 Å². The van der Waals surface area contributed by atoms with Crippen LogP contribution in [0.15, 0.2) is 29.2 Å². The fourth-order valence-electron chi connectivity index (χ4n) is 2.54.